The summed E-state index contributed by atoms with van der Waals surface area (Å²) < 4.78 is 26.8. The highest BCUT2D eigenvalue weighted by Gasteiger charge is 1.99. The summed E-state index contributed by atoms with van der Waals surface area (Å²) in [6, 6.07) is 12.1. The average Bonchev–Trinajstić information content (AvgIpc) is 2.53. The number of hydrogen-bond acceptors (Lipinski definition) is 2. The molecule has 2 rings (SSSR count). The van der Waals surface area contributed by atoms with Crippen LogP contribution in [0.15, 0.2) is 72.5 Å². The van der Waals surface area contributed by atoms with E-state index in [2.05, 4.69) is 0 Å². The Bertz CT molecular complexity index is 789. The number of aliphatic hydroxyl groups excluding tert-OH is 1. The predicted molar refractivity (Wildman–Crippen MR) is 86.6 cm³/mol. The molecular weight excluding hydrogens is 298 g/mol. The van der Waals surface area contributed by atoms with E-state index < -0.39 is 17.4 Å². The molecule has 2 aromatic carbocycles. The lowest BCUT2D eigenvalue weighted by molar-refractivity contribution is -0.110. The topological polar surface area (TPSA) is 37.3 Å². The first-order valence-electron chi connectivity index (χ1n) is 6.86. The second kappa shape index (κ2) is 7.84. The van der Waals surface area contributed by atoms with Crippen molar-refractivity contribution in [3.63, 3.8) is 0 Å². The summed E-state index contributed by atoms with van der Waals surface area (Å²) in [5.74, 6) is -1.70. The van der Waals surface area contributed by atoms with Gasteiger partial charge in [-0.25, -0.2) is 8.78 Å². The highest BCUT2D eigenvalue weighted by atomic mass is 19.1. The lowest BCUT2D eigenvalue weighted by Crippen LogP contribution is -1.89. The van der Waals surface area contributed by atoms with Crippen LogP contribution in [0.5, 0.6) is 0 Å². The summed E-state index contributed by atoms with van der Waals surface area (Å²) in [5.41, 5.74) is 0.567. The predicted octanol–water partition coefficient (Wildman–Crippen LogP) is 4.70. The molecule has 0 spiro atoms. The average molecular weight is 312 g/mol. The van der Waals surface area contributed by atoms with Crippen molar-refractivity contribution in [2.24, 2.45) is 0 Å². The van der Waals surface area contributed by atoms with Gasteiger partial charge in [0, 0.05) is 17.2 Å². The van der Waals surface area contributed by atoms with E-state index in [1.54, 1.807) is 30.3 Å². The molecule has 4 heteroatoms. The van der Waals surface area contributed by atoms with Crippen LogP contribution >= 0.6 is 0 Å². The van der Waals surface area contributed by atoms with Crippen molar-refractivity contribution >= 4 is 17.9 Å². The summed E-state index contributed by atoms with van der Waals surface area (Å²) in [7, 11) is 0. The van der Waals surface area contributed by atoms with Gasteiger partial charge in [0.25, 0.3) is 0 Å². The van der Waals surface area contributed by atoms with E-state index in [4.69, 9.17) is 0 Å². The minimum absolute atomic E-state index is 0.274. The molecule has 0 saturated carbocycles. The Balaban J connectivity index is 2.04. The molecule has 0 heterocycles. The smallest absolute Gasteiger partial charge is 0.182 e. The van der Waals surface area contributed by atoms with Gasteiger partial charge < -0.3 is 5.11 Å². The van der Waals surface area contributed by atoms with Crippen molar-refractivity contribution in [2.45, 2.75) is 0 Å². The third kappa shape index (κ3) is 5.04. The van der Waals surface area contributed by atoms with Gasteiger partial charge in [0.1, 0.15) is 17.4 Å². The Kier molecular flexibility index (Phi) is 5.58. The van der Waals surface area contributed by atoms with Crippen LogP contribution in [0.1, 0.15) is 11.1 Å². The molecule has 2 aromatic rings. The van der Waals surface area contributed by atoms with Gasteiger partial charge in [0.05, 0.1) is 0 Å². The summed E-state index contributed by atoms with van der Waals surface area (Å²) in [6.45, 7) is 0. The van der Waals surface area contributed by atoms with Crippen molar-refractivity contribution in [3.8, 4) is 0 Å². The normalized spacial score (nSPS) is 12.2. The van der Waals surface area contributed by atoms with Crippen molar-refractivity contribution in [3.05, 3.63) is 95.3 Å². The van der Waals surface area contributed by atoms with E-state index in [0.717, 1.165) is 12.2 Å². The third-order valence-electron chi connectivity index (χ3n) is 2.96. The van der Waals surface area contributed by atoms with Gasteiger partial charge in [-0.2, -0.15) is 0 Å². The fourth-order valence-corrected chi connectivity index (χ4v) is 1.81. The number of benzene rings is 2. The highest BCUT2D eigenvalue weighted by Crippen LogP contribution is 2.10. The van der Waals surface area contributed by atoms with Crippen molar-refractivity contribution in [2.75, 3.05) is 0 Å². The number of rotatable bonds is 5. The number of carbonyl (C=O) groups is 1. The molecule has 0 aliphatic rings. The van der Waals surface area contributed by atoms with Crippen LogP contribution in [0.2, 0.25) is 0 Å². The summed E-state index contributed by atoms with van der Waals surface area (Å²) >= 11 is 0. The Hall–Kier alpha value is -3.01. The molecule has 0 aliphatic carbocycles. The molecular formula is C19H14F2O2. The molecule has 0 unspecified atom stereocenters. The van der Waals surface area contributed by atoms with Crippen LogP contribution in [0, 0.1) is 11.6 Å². The molecule has 23 heavy (non-hydrogen) atoms. The summed E-state index contributed by atoms with van der Waals surface area (Å²) in [4.78, 5) is 11.7. The number of ketones is 1. The van der Waals surface area contributed by atoms with Gasteiger partial charge in [-0.3, -0.25) is 4.79 Å². The Labute approximate surface area is 132 Å². The Morgan fingerprint density at radius 2 is 1.30 bits per heavy atom. The van der Waals surface area contributed by atoms with E-state index in [9.17, 15) is 18.7 Å². The first-order valence-corrected chi connectivity index (χ1v) is 6.86. The molecule has 0 aromatic heterocycles. The van der Waals surface area contributed by atoms with Gasteiger partial charge in [0.15, 0.2) is 5.78 Å². The first-order chi connectivity index (χ1) is 11.1. The zero-order valence-electron chi connectivity index (χ0n) is 12.1. The number of aliphatic hydroxyl groups is 1. The van der Waals surface area contributed by atoms with Crippen LogP contribution in [0.3, 0.4) is 0 Å². The molecule has 116 valence electrons. The first kappa shape index (κ1) is 16.4. The zero-order valence-corrected chi connectivity index (χ0v) is 12.1. The molecule has 0 saturated heterocycles. The zero-order chi connectivity index (χ0) is 16.7. The van der Waals surface area contributed by atoms with Gasteiger partial charge in [-0.15, -0.1) is 0 Å². The minimum atomic E-state index is -0.510. The largest absolute Gasteiger partial charge is 0.508 e. The number of halogens is 2. The SMILES string of the molecule is O=C(/C=C(O)/C=C/c1ccccc1F)/C=C/c1ccccc1F. The lowest BCUT2D eigenvalue weighted by Gasteiger charge is -1.96. The second-order valence-electron chi connectivity index (χ2n) is 4.68. The molecule has 0 bridgehead atoms. The Morgan fingerprint density at radius 1 is 0.826 bits per heavy atom. The highest BCUT2D eigenvalue weighted by molar-refractivity contribution is 6.02. The van der Waals surface area contributed by atoms with Crippen LogP contribution in [-0.2, 0) is 4.79 Å². The Morgan fingerprint density at radius 3 is 1.83 bits per heavy atom. The van der Waals surface area contributed by atoms with E-state index in [0.29, 0.717) is 5.56 Å². The van der Waals surface area contributed by atoms with Crippen LogP contribution in [0.4, 0.5) is 8.78 Å². The molecule has 0 aliphatic heterocycles. The molecule has 2 nitrogen and oxygen atoms in total. The van der Waals surface area contributed by atoms with Crippen molar-refractivity contribution in [1.29, 1.82) is 0 Å². The van der Waals surface area contributed by atoms with E-state index in [-0.39, 0.29) is 11.3 Å². The van der Waals surface area contributed by atoms with Crippen molar-refractivity contribution in [1.82, 2.24) is 0 Å². The maximum atomic E-state index is 13.4. The van der Waals surface area contributed by atoms with Crippen LogP contribution in [0.25, 0.3) is 12.2 Å². The van der Waals surface area contributed by atoms with Gasteiger partial charge in [0.2, 0.25) is 0 Å². The summed E-state index contributed by atoms with van der Waals surface area (Å²) in [5, 5.41) is 9.65. The number of hydrogen-bond donors (Lipinski definition) is 1. The molecule has 0 amide bonds. The summed E-state index contributed by atoms with van der Waals surface area (Å²) in [6.07, 6.45) is 6.00. The van der Waals surface area contributed by atoms with Crippen molar-refractivity contribution < 1.29 is 18.7 Å². The minimum Gasteiger partial charge on any atom is -0.508 e. The maximum Gasteiger partial charge on any atom is 0.182 e. The van der Waals surface area contributed by atoms with Gasteiger partial charge in [-0.05, 0) is 36.4 Å². The third-order valence-corrected chi connectivity index (χ3v) is 2.96. The molecule has 0 atom stereocenters. The second-order valence-corrected chi connectivity index (χ2v) is 4.68. The van der Waals surface area contributed by atoms with Crippen LogP contribution < -0.4 is 0 Å². The van der Waals surface area contributed by atoms with E-state index in [1.807, 2.05) is 0 Å². The fraction of sp³-hybridized carbons (Fsp3) is 0. The molecule has 0 fully saturated rings. The standard InChI is InChI=1S/C19H14F2O2/c20-18-7-3-1-5-14(18)9-11-16(22)13-17(23)12-10-15-6-2-4-8-19(15)21/h1-13,22H/b11-9+,12-10+,16-13-. The number of allylic oxidation sites excluding steroid dienone is 3. The lowest BCUT2D eigenvalue weighted by atomic mass is 10.1. The quantitative estimate of drug-likeness (QED) is 0.493. The van der Waals surface area contributed by atoms with E-state index in [1.165, 1.54) is 36.4 Å². The van der Waals surface area contributed by atoms with Gasteiger partial charge >= 0.3 is 0 Å². The van der Waals surface area contributed by atoms with E-state index >= 15 is 0 Å². The fourth-order valence-electron chi connectivity index (χ4n) is 1.81. The van der Waals surface area contributed by atoms with Crippen LogP contribution in [-0.4, -0.2) is 10.9 Å². The number of carbonyl (C=O) groups excluding carboxylic acids is 1. The monoisotopic (exact) mass is 312 g/mol. The molecule has 0 radical (unpaired) electrons. The van der Waals surface area contributed by atoms with Gasteiger partial charge in [-0.1, -0.05) is 36.4 Å². The maximum absolute atomic E-state index is 13.4. The molecule has 1 N–H and O–H groups in total.